The Labute approximate surface area is 195 Å². The lowest BCUT2D eigenvalue weighted by atomic mass is 9.92. The predicted octanol–water partition coefficient (Wildman–Crippen LogP) is 3.99. The zero-order valence-corrected chi connectivity index (χ0v) is 20.1. The molecule has 2 aliphatic rings. The average Bonchev–Trinajstić information content (AvgIpc) is 3.58. The molecule has 0 spiro atoms. The molecule has 33 heavy (non-hydrogen) atoms. The number of rotatable bonds is 14. The molecule has 1 unspecified atom stereocenters. The van der Waals surface area contributed by atoms with Crippen LogP contribution in [0.4, 0.5) is 4.39 Å². The number of ether oxygens (including phenoxy) is 1. The van der Waals surface area contributed by atoms with Gasteiger partial charge in [0.05, 0.1) is 12.4 Å². The summed E-state index contributed by atoms with van der Waals surface area (Å²) in [4.78, 5) is 23.0. The Kier molecular flexibility index (Phi) is 9.26. The van der Waals surface area contributed by atoms with Gasteiger partial charge in [-0.2, -0.15) is 0 Å². The second-order valence-electron chi connectivity index (χ2n) is 9.22. The molecule has 1 saturated carbocycles. The van der Waals surface area contributed by atoms with Gasteiger partial charge in [0.2, 0.25) is 21.8 Å². The second kappa shape index (κ2) is 11.9. The van der Waals surface area contributed by atoms with Gasteiger partial charge >= 0.3 is 0 Å². The van der Waals surface area contributed by atoms with Gasteiger partial charge in [0.15, 0.2) is 11.6 Å². The maximum absolute atomic E-state index is 14.1. The predicted molar refractivity (Wildman–Crippen MR) is 124 cm³/mol. The van der Waals surface area contributed by atoms with Crippen LogP contribution in [0.2, 0.25) is 0 Å². The largest absolute Gasteiger partial charge is 0.490 e. The summed E-state index contributed by atoms with van der Waals surface area (Å²) in [5.41, 5.74) is 0.700. The Hall–Kier alpha value is -2.00. The number of unbranched alkanes of at least 4 members (excludes halogenated alkanes) is 2. The van der Waals surface area contributed by atoms with Gasteiger partial charge in [-0.1, -0.05) is 32.3 Å². The van der Waals surface area contributed by atoms with E-state index in [9.17, 15) is 22.4 Å². The van der Waals surface area contributed by atoms with Crippen LogP contribution in [0.5, 0.6) is 5.75 Å². The summed E-state index contributed by atoms with van der Waals surface area (Å²) in [5, 5.41) is 2.35. The van der Waals surface area contributed by atoms with Gasteiger partial charge in [0.1, 0.15) is 0 Å². The average molecular weight is 483 g/mol. The fourth-order valence-electron chi connectivity index (χ4n) is 4.07. The lowest BCUT2D eigenvalue weighted by Gasteiger charge is -2.21. The Bertz CT molecular complexity index is 933. The molecule has 7 nitrogen and oxygen atoms in total. The first-order chi connectivity index (χ1) is 15.8. The summed E-state index contributed by atoms with van der Waals surface area (Å²) in [5.74, 6) is -0.384. The van der Waals surface area contributed by atoms with Gasteiger partial charge in [0.25, 0.3) is 0 Å². The molecule has 2 amide bonds. The van der Waals surface area contributed by atoms with Gasteiger partial charge in [0, 0.05) is 18.4 Å². The number of hydrogen-bond donors (Lipinski definition) is 2. The quantitative estimate of drug-likeness (QED) is 0.308. The highest BCUT2D eigenvalue weighted by Crippen LogP contribution is 2.31. The van der Waals surface area contributed by atoms with Crippen molar-refractivity contribution in [3.05, 3.63) is 29.6 Å². The van der Waals surface area contributed by atoms with Crippen molar-refractivity contribution >= 4 is 21.8 Å². The number of amides is 2. The molecule has 0 bridgehead atoms. The molecule has 9 heteroatoms. The minimum absolute atomic E-state index is 0.00516. The zero-order valence-electron chi connectivity index (χ0n) is 19.3. The van der Waals surface area contributed by atoms with Crippen molar-refractivity contribution in [2.75, 3.05) is 12.4 Å². The Morgan fingerprint density at radius 2 is 1.97 bits per heavy atom. The minimum atomic E-state index is -3.52. The maximum Gasteiger partial charge on any atom is 0.229 e. The molecule has 184 valence electrons. The lowest BCUT2D eigenvalue weighted by Crippen LogP contribution is -2.40. The summed E-state index contributed by atoms with van der Waals surface area (Å²) in [6.45, 7) is 2.47. The number of piperidine rings is 1. The van der Waals surface area contributed by atoms with Gasteiger partial charge in [-0.25, -0.2) is 17.5 Å². The first-order valence-corrected chi connectivity index (χ1v) is 13.7. The van der Waals surface area contributed by atoms with Gasteiger partial charge in [-0.05, 0) is 62.1 Å². The van der Waals surface area contributed by atoms with Crippen LogP contribution in [0.3, 0.4) is 0 Å². The Balaban J connectivity index is 1.48. The lowest BCUT2D eigenvalue weighted by molar-refractivity contribution is -0.136. The van der Waals surface area contributed by atoms with E-state index in [0.29, 0.717) is 56.6 Å². The third-order valence-corrected chi connectivity index (χ3v) is 7.72. The molecule has 1 aromatic rings. The molecule has 1 aromatic carbocycles. The summed E-state index contributed by atoms with van der Waals surface area (Å²) in [7, 11) is -3.52. The minimum Gasteiger partial charge on any atom is -0.490 e. The molecule has 1 aliphatic heterocycles. The maximum atomic E-state index is 14.1. The summed E-state index contributed by atoms with van der Waals surface area (Å²) >= 11 is 0. The van der Waals surface area contributed by atoms with Gasteiger partial charge in [-0.15, -0.1) is 0 Å². The van der Waals surface area contributed by atoms with Crippen LogP contribution in [0.15, 0.2) is 18.2 Å². The standard InChI is InChI=1S/C24H35FN2O5S/c1-2-6-21(19-10-12-20(25)22(15-19)32-16-17-8-9-17)27-33(30,31)14-5-3-4-7-18-11-13-23(28)26-24(18)29/h10,12,15,17-18,21,27H,2-9,11,13-14,16H2,1H3,(H,26,28,29)/t18?,21-/m1/s1. The van der Waals surface area contributed by atoms with E-state index in [1.807, 2.05) is 6.92 Å². The molecule has 2 N–H and O–H groups in total. The third-order valence-electron chi connectivity index (χ3n) is 6.25. The zero-order chi connectivity index (χ0) is 23.8. The van der Waals surface area contributed by atoms with E-state index in [1.165, 1.54) is 6.07 Å². The van der Waals surface area contributed by atoms with Crippen molar-refractivity contribution in [1.82, 2.24) is 10.0 Å². The number of carbonyl (C=O) groups is 2. The summed E-state index contributed by atoms with van der Waals surface area (Å²) in [6, 6.07) is 4.12. The first kappa shape index (κ1) is 25.6. The molecule has 1 aliphatic carbocycles. The fourth-order valence-corrected chi connectivity index (χ4v) is 5.46. The van der Waals surface area contributed by atoms with Crippen molar-refractivity contribution in [3.8, 4) is 5.75 Å². The Morgan fingerprint density at radius 1 is 1.18 bits per heavy atom. The van der Waals surface area contributed by atoms with E-state index in [4.69, 9.17) is 4.74 Å². The van der Waals surface area contributed by atoms with E-state index in [-0.39, 0.29) is 29.2 Å². The van der Waals surface area contributed by atoms with Crippen molar-refractivity contribution in [2.24, 2.45) is 11.8 Å². The van der Waals surface area contributed by atoms with Crippen molar-refractivity contribution in [2.45, 2.75) is 77.2 Å². The SMILES string of the molecule is CCC[C@@H](NS(=O)(=O)CCCCCC1CCC(=O)NC1=O)c1ccc(F)c(OCC2CC2)c1. The molecule has 2 atom stereocenters. The van der Waals surface area contributed by atoms with Crippen molar-refractivity contribution < 1.29 is 27.1 Å². The number of nitrogens with one attached hydrogen (secondary N) is 2. The number of halogens is 1. The Morgan fingerprint density at radius 3 is 2.67 bits per heavy atom. The monoisotopic (exact) mass is 482 g/mol. The van der Waals surface area contributed by atoms with Crippen LogP contribution >= 0.6 is 0 Å². The number of sulfonamides is 1. The van der Waals surface area contributed by atoms with Crippen molar-refractivity contribution in [3.63, 3.8) is 0 Å². The van der Waals surface area contributed by atoms with E-state index in [0.717, 1.165) is 25.7 Å². The van der Waals surface area contributed by atoms with Crippen molar-refractivity contribution in [1.29, 1.82) is 0 Å². The van der Waals surface area contributed by atoms with Gasteiger partial charge in [-0.3, -0.25) is 14.9 Å². The summed E-state index contributed by atoms with van der Waals surface area (Å²) < 4.78 is 47.9. The molecule has 1 saturated heterocycles. The van der Waals surface area contributed by atoms with Crippen LogP contribution < -0.4 is 14.8 Å². The van der Waals surface area contributed by atoms with E-state index in [2.05, 4.69) is 10.0 Å². The molecule has 2 fully saturated rings. The number of hydrogen-bond acceptors (Lipinski definition) is 5. The highest BCUT2D eigenvalue weighted by molar-refractivity contribution is 7.89. The topological polar surface area (TPSA) is 102 Å². The fraction of sp³-hybridized carbons (Fsp3) is 0.667. The number of benzene rings is 1. The third kappa shape index (κ3) is 8.37. The molecule has 0 radical (unpaired) electrons. The van der Waals surface area contributed by atoms with Crippen LogP contribution in [0, 0.1) is 17.7 Å². The number of carbonyl (C=O) groups excluding carboxylic acids is 2. The van der Waals surface area contributed by atoms with Crippen LogP contribution in [0.25, 0.3) is 0 Å². The molecular formula is C24H35FN2O5S. The van der Waals surface area contributed by atoms with Crippen LogP contribution in [-0.2, 0) is 19.6 Å². The molecule has 3 rings (SSSR count). The first-order valence-electron chi connectivity index (χ1n) is 12.0. The number of imide groups is 1. The van der Waals surface area contributed by atoms with Gasteiger partial charge < -0.3 is 4.74 Å². The molecule has 0 aromatic heterocycles. The highest BCUT2D eigenvalue weighted by Gasteiger charge is 2.26. The highest BCUT2D eigenvalue weighted by atomic mass is 32.2. The van der Waals surface area contributed by atoms with Crippen LogP contribution in [-0.4, -0.2) is 32.6 Å². The molecule has 1 heterocycles. The van der Waals surface area contributed by atoms with E-state index < -0.39 is 21.9 Å². The normalized spacial score (nSPS) is 19.9. The molecular weight excluding hydrogens is 447 g/mol. The summed E-state index contributed by atoms with van der Waals surface area (Å²) in [6.07, 6.45) is 7.08. The van der Waals surface area contributed by atoms with Crippen LogP contribution in [0.1, 0.15) is 82.7 Å². The van der Waals surface area contributed by atoms with E-state index >= 15 is 0 Å². The smallest absolute Gasteiger partial charge is 0.229 e. The second-order valence-corrected chi connectivity index (χ2v) is 11.1. The van der Waals surface area contributed by atoms with E-state index in [1.54, 1.807) is 12.1 Å².